The Morgan fingerprint density at radius 2 is 1.68 bits per heavy atom. The maximum atomic E-state index is 12.4. The van der Waals surface area contributed by atoms with Crippen molar-refractivity contribution in [1.29, 1.82) is 0 Å². The zero-order valence-electron chi connectivity index (χ0n) is 16.1. The van der Waals surface area contributed by atoms with Gasteiger partial charge in [-0.05, 0) is 61.9 Å². The lowest BCUT2D eigenvalue weighted by Gasteiger charge is -2.06. The first-order chi connectivity index (χ1) is 13.7. The van der Waals surface area contributed by atoms with Gasteiger partial charge in [-0.15, -0.1) is 11.3 Å². The van der Waals surface area contributed by atoms with Crippen LogP contribution in [0.4, 0.5) is 5.13 Å². The molecule has 28 heavy (non-hydrogen) atoms. The van der Waals surface area contributed by atoms with Crippen molar-refractivity contribution in [1.82, 2.24) is 4.98 Å². The number of carbonyl (C=O) groups excluding carboxylic acids is 1. The maximum Gasteiger partial charge on any atom is 0.257 e. The number of thiazole rings is 1. The molecule has 0 spiro atoms. The molecule has 3 rings (SSSR count). The number of hydrogen-bond acceptors (Lipinski definition) is 5. The number of ether oxygens (including phenoxy) is 2. The van der Waals surface area contributed by atoms with E-state index in [1.165, 1.54) is 11.3 Å². The van der Waals surface area contributed by atoms with Crippen LogP contribution in [0, 0.1) is 0 Å². The molecule has 1 N–H and O–H groups in total. The number of hydrogen-bond donors (Lipinski definition) is 1. The van der Waals surface area contributed by atoms with E-state index in [-0.39, 0.29) is 5.91 Å². The summed E-state index contributed by atoms with van der Waals surface area (Å²) < 4.78 is 11.1. The Labute approximate surface area is 169 Å². The average Bonchev–Trinajstić information content (AvgIpc) is 3.18. The molecule has 0 saturated heterocycles. The maximum absolute atomic E-state index is 12.4. The largest absolute Gasteiger partial charge is 0.494 e. The van der Waals surface area contributed by atoms with Crippen LogP contribution in [0.3, 0.4) is 0 Å². The predicted molar refractivity (Wildman–Crippen MR) is 114 cm³/mol. The lowest BCUT2D eigenvalue weighted by Crippen LogP contribution is -2.11. The van der Waals surface area contributed by atoms with Crippen LogP contribution in [-0.2, 0) is 0 Å². The molecule has 0 radical (unpaired) electrons. The molecule has 1 amide bonds. The number of nitrogens with zero attached hydrogens (tertiary/aromatic N) is 1. The van der Waals surface area contributed by atoms with Crippen molar-refractivity contribution in [3.05, 3.63) is 59.5 Å². The van der Waals surface area contributed by atoms with Crippen molar-refractivity contribution in [2.45, 2.75) is 26.7 Å². The van der Waals surface area contributed by atoms with E-state index in [1.807, 2.05) is 48.7 Å². The quantitative estimate of drug-likeness (QED) is 0.476. The zero-order valence-corrected chi connectivity index (χ0v) is 16.9. The molecule has 5 nitrogen and oxygen atoms in total. The molecule has 0 aliphatic heterocycles. The highest BCUT2D eigenvalue weighted by molar-refractivity contribution is 7.14. The molecule has 0 aliphatic rings. The molecule has 0 bridgehead atoms. The summed E-state index contributed by atoms with van der Waals surface area (Å²) in [6.07, 6.45) is 2.11. The van der Waals surface area contributed by atoms with Crippen LogP contribution in [0.5, 0.6) is 11.5 Å². The first kappa shape index (κ1) is 19.9. The fourth-order valence-corrected chi connectivity index (χ4v) is 3.27. The molecule has 146 valence electrons. The van der Waals surface area contributed by atoms with Gasteiger partial charge in [-0.1, -0.05) is 13.3 Å². The topological polar surface area (TPSA) is 60.5 Å². The van der Waals surface area contributed by atoms with E-state index in [1.54, 1.807) is 12.1 Å². The van der Waals surface area contributed by atoms with Gasteiger partial charge in [0.05, 0.1) is 18.9 Å². The van der Waals surface area contributed by atoms with Gasteiger partial charge in [0.25, 0.3) is 5.91 Å². The summed E-state index contributed by atoms with van der Waals surface area (Å²) in [6, 6.07) is 14.9. The Balaban J connectivity index is 1.60. The highest BCUT2D eigenvalue weighted by atomic mass is 32.1. The molecular weight excluding hydrogens is 372 g/mol. The molecule has 0 unspecified atom stereocenters. The van der Waals surface area contributed by atoms with Crippen LogP contribution in [-0.4, -0.2) is 24.1 Å². The molecule has 0 aliphatic carbocycles. The Hall–Kier alpha value is -2.86. The summed E-state index contributed by atoms with van der Waals surface area (Å²) in [5.74, 6) is 1.42. The summed E-state index contributed by atoms with van der Waals surface area (Å²) in [6.45, 7) is 5.40. The molecular formula is C22H24N2O3S. The third-order valence-corrected chi connectivity index (χ3v) is 4.83. The van der Waals surface area contributed by atoms with E-state index in [9.17, 15) is 4.79 Å². The summed E-state index contributed by atoms with van der Waals surface area (Å²) >= 11 is 1.40. The normalized spacial score (nSPS) is 10.5. The average molecular weight is 397 g/mol. The Morgan fingerprint density at radius 1 is 1.00 bits per heavy atom. The third kappa shape index (κ3) is 5.33. The van der Waals surface area contributed by atoms with Gasteiger partial charge in [0, 0.05) is 16.5 Å². The van der Waals surface area contributed by atoms with Crippen molar-refractivity contribution in [3.8, 4) is 22.8 Å². The van der Waals surface area contributed by atoms with Gasteiger partial charge in [-0.3, -0.25) is 10.1 Å². The van der Waals surface area contributed by atoms with Crippen molar-refractivity contribution in [3.63, 3.8) is 0 Å². The van der Waals surface area contributed by atoms with E-state index in [2.05, 4.69) is 17.2 Å². The van der Waals surface area contributed by atoms with Gasteiger partial charge in [0.1, 0.15) is 11.5 Å². The van der Waals surface area contributed by atoms with Crippen molar-refractivity contribution in [2.24, 2.45) is 0 Å². The van der Waals surface area contributed by atoms with Gasteiger partial charge in [0.2, 0.25) is 0 Å². The molecule has 1 aromatic heterocycles. The first-order valence-electron chi connectivity index (χ1n) is 9.42. The molecule has 0 saturated carbocycles. The smallest absolute Gasteiger partial charge is 0.257 e. The molecule has 6 heteroatoms. The SMILES string of the molecule is CCCCOc1ccc(C(=O)Nc2nc(-c3ccc(OCC)cc3)cs2)cc1. The zero-order chi connectivity index (χ0) is 19.8. The second-order valence-electron chi connectivity index (χ2n) is 6.18. The fraction of sp³-hybridized carbons (Fsp3) is 0.273. The van der Waals surface area contributed by atoms with Crippen LogP contribution < -0.4 is 14.8 Å². The molecule has 1 heterocycles. The fourth-order valence-electron chi connectivity index (χ4n) is 2.56. The van der Waals surface area contributed by atoms with Crippen molar-refractivity contribution in [2.75, 3.05) is 18.5 Å². The number of anilines is 1. The number of aromatic nitrogens is 1. The summed E-state index contributed by atoms with van der Waals surface area (Å²) in [5, 5.41) is 5.35. The Kier molecular flexibility index (Phi) is 7.03. The van der Waals surface area contributed by atoms with Crippen LogP contribution in [0.25, 0.3) is 11.3 Å². The van der Waals surface area contributed by atoms with Gasteiger partial charge in [-0.25, -0.2) is 4.98 Å². The lowest BCUT2D eigenvalue weighted by molar-refractivity contribution is 0.102. The lowest BCUT2D eigenvalue weighted by atomic mass is 10.2. The number of nitrogens with one attached hydrogen (secondary N) is 1. The van der Waals surface area contributed by atoms with E-state index < -0.39 is 0 Å². The monoisotopic (exact) mass is 396 g/mol. The van der Waals surface area contributed by atoms with Gasteiger partial charge >= 0.3 is 0 Å². The van der Waals surface area contributed by atoms with Crippen LogP contribution >= 0.6 is 11.3 Å². The predicted octanol–water partition coefficient (Wildman–Crippen LogP) is 5.64. The molecule has 2 aromatic carbocycles. The number of benzene rings is 2. The number of rotatable bonds is 9. The molecule has 0 fully saturated rings. The minimum Gasteiger partial charge on any atom is -0.494 e. The van der Waals surface area contributed by atoms with Crippen LogP contribution in [0.2, 0.25) is 0 Å². The number of carbonyl (C=O) groups is 1. The second-order valence-corrected chi connectivity index (χ2v) is 7.03. The minimum atomic E-state index is -0.187. The van der Waals surface area contributed by atoms with Crippen molar-refractivity contribution < 1.29 is 14.3 Å². The molecule has 3 aromatic rings. The molecule has 0 atom stereocenters. The standard InChI is InChI=1S/C22H24N2O3S/c1-3-5-14-27-19-12-8-17(9-13-19)21(25)24-22-23-20(15-28-22)16-6-10-18(11-7-16)26-4-2/h6-13,15H,3-5,14H2,1-2H3,(H,23,24,25). The highest BCUT2D eigenvalue weighted by Gasteiger charge is 2.10. The first-order valence-corrected chi connectivity index (χ1v) is 10.3. The van der Waals surface area contributed by atoms with E-state index >= 15 is 0 Å². The van der Waals surface area contributed by atoms with Crippen LogP contribution in [0.15, 0.2) is 53.9 Å². The summed E-state index contributed by atoms with van der Waals surface area (Å²) in [5.41, 5.74) is 2.37. The second kappa shape index (κ2) is 9.90. The van der Waals surface area contributed by atoms with Crippen LogP contribution in [0.1, 0.15) is 37.0 Å². The minimum absolute atomic E-state index is 0.187. The van der Waals surface area contributed by atoms with Gasteiger partial charge in [0.15, 0.2) is 5.13 Å². The van der Waals surface area contributed by atoms with E-state index in [4.69, 9.17) is 9.47 Å². The Bertz CT molecular complexity index is 889. The summed E-state index contributed by atoms with van der Waals surface area (Å²) in [7, 11) is 0. The van der Waals surface area contributed by atoms with E-state index in [0.717, 1.165) is 35.6 Å². The van der Waals surface area contributed by atoms with E-state index in [0.29, 0.717) is 23.9 Å². The van der Waals surface area contributed by atoms with Gasteiger partial charge < -0.3 is 9.47 Å². The number of amides is 1. The van der Waals surface area contributed by atoms with Gasteiger partial charge in [-0.2, -0.15) is 0 Å². The number of unbranched alkanes of at least 4 members (excludes halogenated alkanes) is 1. The highest BCUT2D eigenvalue weighted by Crippen LogP contribution is 2.27. The van der Waals surface area contributed by atoms with Crippen molar-refractivity contribution >= 4 is 22.4 Å². The third-order valence-electron chi connectivity index (χ3n) is 4.07. The Morgan fingerprint density at radius 3 is 2.36 bits per heavy atom. The summed E-state index contributed by atoms with van der Waals surface area (Å²) in [4.78, 5) is 17.0.